The van der Waals surface area contributed by atoms with Gasteiger partial charge in [0.05, 0.1) is 16.0 Å². The molecule has 0 unspecified atom stereocenters. The van der Waals surface area contributed by atoms with E-state index in [9.17, 15) is 8.42 Å². The molecule has 6 heteroatoms. The van der Waals surface area contributed by atoms with Crippen LogP contribution in [0.15, 0.2) is 23.1 Å². The third-order valence-electron chi connectivity index (χ3n) is 1.81. The summed E-state index contributed by atoms with van der Waals surface area (Å²) in [6.07, 6.45) is 0. The Morgan fingerprint density at radius 3 is 2.27 bits per heavy atom. The normalized spacial score (nSPS) is 10.3. The Hall–Kier alpha value is -1.89. The zero-order valence-corrected chi connectivity index (χ0v) is 8.67. The molecule has 0 bridgehead atoms. The fourth-order valence-electron chi connectivity index (χ4n) is 0.998. The van der Waals surface area contributed by atoms with Gasteiger partial charge in [0.25, 0.3) is 0 Å². The van der Waals surface area contributed by atoms with Crippen molar-refractivity contribution in [2.24, 2.45) is 0 Å². The maximum atomic E-state index is 11.4. The van der Waals surface area contributed by atoms with Gasteiger partial charge in [0.2, 0.25) is 10.0 Å². The molecule has 0 aliphatic heterocycles. The van der Waals surface area contributed by atoms with Crippen molar-refractivity contribution in [2.75, 3.05) is 7.05 Å². The van der Waals surface area contributed by atoms with Gasteiger partial charge in [-0.05, 0) is 25.2 Å². The van der Waals surface area contributed by atoms with Crippen molar-refractivity contribution in [1.82, 2.24) is 4.72 Å². The Morgan fingerprint density at radius 2 is 1.80 bits per heavy atom. The van der Waals surface area contributed by atoms with E-state index < -0.39 is 10.0 Å². The van der Waals surface area contributed by atoms with E-state index in [1.165, 1.54) is 25.2 Å². The topological polar surface area (TPSA) is 93.8 Å². The Balaban J connectivity index is 3.42. The molecule has 0 spiro atoms. The van der Waals surface area contributed by atoms with Crippen molar-refractivity contribution in [3.8, 4) is 12.1 Å². The molecular formula is C9H7N3O2S. The summed E-state index contributed by atoms with van der Waals surface area (Å²) in [5.41, 5.74) is 0.210. The van der Waals surface area contributed by atoms with Crippen LogP contribution in [0, 0.1) is 22.7 Å². The third-order valence-corrected chi connectivity index (χ3v) is 3.22. The van der Waals surface area contributed by atoms with E-state index in [0.717, 1.165) is 0 Å². The molecule has 0 heterocycles. The molecular weight excluding hydrogens is 214 g/mol. The Kier molecular flexibility index (Phi) is 3.05. The third kappa shape index (κ3) is 2.13. The second kappa shape index (κ2) is 4.09. The number of hydrogen-bond donors (Lipinski definition) is 1. The van der Waals surface area contributed by atoms with E-state index in [1.54, 1.807) is 12.1 Å². The van der Waals surface area contributed by atoms with Gasteiger partial charge in [-0.25, -0.2) is 13.1 Å². The van der Waals surface area contributed by atoms with Gasteiger partial charge in [-0.15, -0.1) is 0 Å². The molecule has 1 N–H and O–H groups in total. The first-order chi connectivity index (χ1) is 7.05. The van der Waals surface area contributed by atoms with Crippen LogP contribution in [0.25, 0.3) is 0 Å². The van der Waals surface area contributed by atoms with Crippen LogP contribution < -0.4 is 4.72 Å². The lowest BCUT2D eigenvalue weighted by atomic mass is 10.1. The molecule has 15 heavy (non-hydrogen) atoms. The molecule has 0 radical (unpaired) electrons. The van der Waals surface area contributed by atoms with E-state index in [4.69, 9.17) is 10.5 Å². The van der Waals surface area contributed by atoms with E-state index in [-0.39, 0.29) is 16.0 Å². The van der Waals surface area contributed by atoms with Gasteiger partial charge in [0.15, 0.2) is 0 Å². The summed E-state index contributed by atoms with van der Waals surface area (Å²) < 4.78 is 24.9. The average Bonchev–Trinajstić information content (AvgIpc) is 2.28. The second-order valence-electron chi connectivity index (χ2n) is 2.64. The minimum absolute atomic E-state index is 0.0273. The van der Waals surface area contributed by atoms with Gasteiger partial charge in [0, 0.05) is 0 Å². The first-order valence-corrected chi connectivity index (χ1v) is 5.41. The Morgan fingerprint density at radius 1 is 1.20 bits per heavy atom. The van der Waals surface area contributed by atoms with Crippen molar-refractivity contribution in [1.29, 1.82) is 10.5 Å². The minimum atomic E-state index is -3.57. The van der Waals surface area contributed by atoms with Crippen molar-refractivity contribution < 1.29 is 8.42 Å². The van der Waals surface area contributed by atoms with Crippen LogP contribution in [0.3, 0.4) is 0 Å². The molecule has 0 saturated carbocycles. The zero-order chi connectivity index (χ0) is 11.5. The minimum Gasteiger partial charge on any atom is -0.214 e. The lowest BCUT2D eigenvalue weighted by Gasteiger charge is -2.02. The lowest BCUT2D eigenvalue weighted by molar-refractivity contribution is 0.588. The maximum absolute atomic E-state index is 11.4. The van der Waals surface area contributed by atoms with E-state index in [0.29, 0.717) is 0 Å². The van der Waals surface area contributed by atoms with Gasteiger partial charge in [-0.2, -0.15) is 10.5 Å². The zero-order valence-electron chi connectivity index (χ0n) is 7.85. The molecule has 5 nitrogen and oxygen atoms in total. The van der Waals surface area contributed by atoms with Crippen LogP contribution in [-0.2, 0) is 10.0 Å². The molecule has 0 atom stereocenters. The van der Waals surface area contributed by atoms with Crippen LogP contribution in [0.1, 0.15) is 11.1 Å². The molecule has 1 rings (SSSR count). The van der Waals surface area contributed by atoms with Crippen molar-refractivity contribution in [2.45, 2.75) is 4.90 Å². The summed E-state index contributed by atoms with van der Waals surface area (Å²) in [6.45, 7) is 0. The highest BCUT2D eigenvalue weighted by molar-refractivity contribution is 7.89. The summed E-state index contributed by atoms with van der Waals surface area (Å²) >= 11 is 0. The number of nitrogens with zero attached hydrogens (tertiary/aromatic N) is 2. The van der Waals surface area contributed by atoms with Gasteiger partial charge in [-0.1, -0.05) is 0 Å². The maximum Gasteiger partial charge on any atom is 0.240 e. The first-order valence-electron chi connectivity index (χ1n) is 3.93. The number of nitrogens with one attached hydrogen (secondary N) is 1. The highest BCUT2D eigenvalue weighted by atomic mass is 32.2. The smallest absolute Gasteiger partial charge is 0.214 e. The van der Waals surface area contributed by atoms with Gasteiger partial charge in [0.1, 0.15) is 12.1 Å². The number of sulfonamides is 1. The lowest BCUT2D eigenvalue weighted by Crippen LogP contribution is -2.18. The van der Waals surface area contributed by atoms with Crippen molar-refractivity contribution in [3.63, 3.8) is 0 Å². The molecule has 1 aromatic rings. The Bertz CT molecular complexity index is 564. The van der Waals surface area contributed by atoms with Crippen molar-refractivity contribution >= 4 is 10.0 Å². The molecule has 0 aromatic heterocycles. The molecule has 0 saturated heterocycles. The van der Waals surface area contributed by atoms with Crippen LogP contribution in [0.5, 0.6) is 0 Å². The van der Waals surface area contributed by atoms with Gasteiger partial charge < -0.3 is 0 Å². The van der Waals surface area contributed by atoms with E-state index in [1.807, 2.05) is 0 Å². The number of benzene rings is 1. The molecule has 0 fully saturated rings. The predicted molar refractivity (Wildman–Crippen MR) is 52.1 cm³/mol. The van der Waals surface area contributed by atoms with Gasteiger partial charge in [-0.3, -0.25) is 0 Å². The van der Waals surface area contributed by atoms with E-state index in [2.05, 4.69) is 4.72 Å². The molecule has 0 aliphatic carbocycles. The van der Waals surface area contributed by atoms with Crippen LogP contribution in [0.2, 0.25) is 0 Å². The SMILES string of the molecule is CNS(=O)(=O)c1ccc(C#N)c(C#N)c1. The van der Waals surface area contributed by atoms with Gasteiger partial charge >= 0.3 is 0 Å². The monoisotopic (exact) mass is 221 g/mol. The highest BCUT2D eigenvalue weighted by Gasteiger charge is 2.13. The van der Waals surface area contributed by atoms with Crippen LogP contribution >= 0.6 is 0 Å². The fourth-order valence-corrected chi connectivity index (χ4v) is 1.75. The number of hydrogen-bond acceptors (Lipinski definition) is 4. The van der Waals surface area contributed by atoms with Crippen molar-refractivity contribution in [3.05, 3.63) is 29.3 Å². The second-order valence-corrected chi connectivity index (χ2v) is 4.53. The quantitative estimate of drug-likeness (QED) is 0.779. The summed E-state index contributed by atoms with van der Waals surface area (Å²) in [4.78, 5) is -0.0273. The fraction of sp³-hybridized carbons (Fsp3) is 0.111. The summed E-state index contributed by atoms with van der Waals surface area (Å²) in [5, 5.41) is 17.3. The summed E-state index contributed by atoms with van der Waals surface area (Å²) in [6, 6.07) is 7.34. The number of rotatable bonds is 2. The summed E-state index contributed by atoms with van der Waals surface area (Å²) in [7, 11) is -2.29. The first kappa shape index (κ1) is 11.2. The Labute approximate surface area is 87.6 Å². The van der Waals surface area contributed by atoms with Crippen LogP contribution in [0.4, 0.5) is 0 Å². The number of nitriles is 2. The summed E-state index contributed by atoms with van der Waals surface area (Å²) in [5.74, 6) is 0. The predicted octanol–water partition coefficient (Wildman–Crippen LogP) is 0.338. The average molecular weight is 221 g/mol. The highest BCUT2D eigenvalue weighted by Crippen LogP contribution is 2.14. The largest absolute Gasteiger partial charge is 0.240 e. The molecule has 0 aliphatic rings. The standard InChI is InChI=1S/C9H7N3O2S/c1-12-15(13,14)9-3-2-7(5-10)8(4-9)6-11/h2-4,12H,1H3. The molecule has 76 valence electrons. The van der Waals surface area contributed by atoms with E-state index >= 15 is 0 Å². The molecule has 1 aromatic carbocycles. The van der Waals surface area contributed by atoms with Crippen LogP contribution in [-0.4, -0.2) is 15.5 Å². The molecule has 0 amide bonds.